The highest BCUT2D eigenvalue weighted by Crippen LogP contribution is 2.44. The molecule has 0 atom stereocenters. The fourth-order valence-electron chi connectivity index (χ4n) is 5.04. The molecule has 5 rings (SSSR count). The quantitative estimate of drug-likeness (QED) is 0.146. The lowest BCUT2D eigenvalue weighted by Crippen LogP contribution is -2.27. The van der Waals surface area contributed by atoms with Crippen molar-refractivity contribution >= 4 is 34.3 Å². The third kappa shape index (κ3) is 5.16. The molecule has 204 valence electrons. The van der Waals surface area contributed by atoms with Crippen LogP contribution in [0.2, 0.25) is 0 Å². The number of benzene rings is 4. The summed E-state index contributed by atoms with van der Waals surface area (Å²) in [6, 6.07) is 23.0. The second kappa shape index (κ2) is 11.4. The smallest absolute Gasteiger partial charge is 0.199 e. The molecule has 0 saturated carbocycles. The average Bonchev–Trinajstić information content (AvgIpc) is 2.96. The molecule has 0 spiro atoms. The standard InChI is InChI=1S/C32H32N4O4/c33-21-17-23(39-15-7-13-19-9-3-1-4-10-19)29(35)27-25(21)31(37)26-22(34)18-24(30(36)28(26)32(27)38)40-16-8-14-20-11-5-2-6-12-20/h1-6,9-12,17-18H,7-8,13-16,33-36H2. The molecule has 0 bridgehead atoms. The number of nitrogen functional groups attached to an aromatic ring is 4. The molecule has 8 N–H and O–H groups in total. The Morgan fingerprint density at radius 1 is 0.525 bits per heavy atom. The van der Waals surface area contributed by atoms with E-state index in [0.717, 1.165) is 25.7 Å². The molecule has 4 aromatic carbocycles. The van der Waals surface area contributed by atoms with Gasteiger partial charge in [-0.1, -0.05) is 60.7 Å². The number of ether oxygens (including phenoxy) is 2. The summed E-state index contributed by atoms with van der Waals surface area (Å²) in [5.41, 5.74) is 27.9. The summed E-state index contributed by atoms with van der Waals surface area (Å²) in [4.78, 5) is 27.4. The minimum atomic E-state index is -0.539. The lowest BCUT2D eigenvalue weighted by molar-refractivity contribution is 0.0981. The average molecular weight is 537 g/mol. The topological polar surface area (TPSA) is 157 Å². The molecule has 0 fully saturated rings. The maximum atomic E-state index is 13.8. The van der Waals surface area contributed by atoms with Crippen molar-refractivity contribution in [1.82, 2.24) is 0 Å². The lowest BCUT2D eigenvalue weighted by atomic mass is 9.80. The third-order valence-electron chi connectivity index (χ3n) is 7.05. The predicted octanol–water partition coefficient (Wildman–Crippen LogP) is 4.81. The molecule has 8 heteroatoms. The maximum absolute atomic E-state index is 13.8. The van der Waals surface area contributed by atoms with Crippen molar-refractivity contribution in [2.75, 3.05) is 36.1 Å². The van der Waals surface area contributed by atoms with Crippen LogP contribution in [0.5, 0.6) is 11.5 Å². The highest BCUT2D eigenvalue weighted by atomic mass is 16.5. The summed E-state index contributed by atoms with van der Waals surface area (Å²) in [7, 11) is 0. The van der Waals surface area contributed by atoms with Gasteiger partial charge >= 0.3 is 0 Å². The van der Waals surface area contributed by atoms with Gasteiger partial charge in [-0.3, -0.25) is 9.59 Å². The number of anilines is 4. The van der Waals surface area contributed by atoms with Crippen LogP contribution >= 0.6 is 0 Å². The Labute approximate surface area is 232 Å². The van der Waals surface area contributed by atoms with E-state index in [1.54, 1.807) is 0 Å². The highest BCUT2D eigenvalue weighted by Gasteiger charge is 2.38. The van der Waals surface area contributed by atoms with E-state index in [1.807, 2.05) is 60.7 Å². The summed E-state index contributed by atoms with van der Waals surface area (Å²) < 4.78 is 11.8. The van der Waals surface area contributed by atoms with Crippen molar-refractivity contribution < 1.29 is 19.1 Å². The van der Waals surface area contributed by atoms with Crippen molar-refractivity contribution in [3.63, 3.8) is 0 Å². The molecule has 0 radical (unpaired) electrons. The first-order valence-electron chi connectivity index (χ1n) is 13.2. The molecule has 0 unspecified atom stereocenters. The van der Waals surface area contributed by atoms with E-state index in [0.29, 0.717) is 13.2 Å². The van der Waals surface area contributed by atoms with E-state index in [9.17, 15) is 9.59 Å². The first-order chi connectivity index (χ1) is 19.4. The molecular formula is C32H32N4O4. The zero-order valence-corrected chi connectivity index (χ0v) is 22.1. The van der Waals surface area contributed by atoms with Crippen molar-refractivity contribution in [3.8, 4) is 11.5 Å². The molecule has 0 heterocycles. The van der Waals surface area contributed by atoms with Crippen molar-refractivity contribution in [2.24, 2.45) is 0 Å². The van der Waals surface area contributed by atoms with Gasteiger partial charge in [0.2, 0.25) is 0 Å². The van der Waals surface area contributed by atoms with Crippen LogP contribution in [0.4, 0.5) is 22.7 Å². The number of hydrogen-bond acceptors (Lipinski definition) is 8. The number of aryl methyl sites for hydroxylation is 2. The Balaban J connectivity index is 1.37. The fourth-order valence-corrected chi connectivity index (χ4v) is 5.04. The van der Waals surface area contributed by atoms with E-state index < -0.39 is 11.6 Å². The monoisotopic (exact) mass is 536 g/mol. The van der Waals surface area contributed by atoms with E-state index in [4.69, 9.17) is 32.4 Å². The van der Waals surface area contributed by atoms with Gasteiger partial charge in [-0.15, -0.1) is 0 Å². The maximum Gasteiger partial charge on any atom is 0.199 e. The fraction of sp³-hybridized carbons (Fsp3) is 0.188. The highest BCUT2D eigenvalue weighted by molar-refractivity contribution is 6.35. The summed E-state index contributed by atoms with van der Waals surface area (Å²) in [5, 5.41) is 0. The first kappa shape index (κ1) is 26.6. The van der Waals surface area contributed by atoms with Gasteiger partial charge < -0.3 is 32.4 Å². The molecule has 0 aromatic heterocycles. The minimum absolute atomic E-state index is 0.00858. The van der Waals surface area contributed by atoms with E-state index in [2.05, 4.69) is 0 Å². The van der Waals surface area contributed by atoms with Gasteiger partial charge in [-0.05, 0) is 36.8 Å². The van der Waals surface area contributed by atoms with E-state index >= 15 is 0 Å². The summed E-state index contributed by atoms with van der Waals surface area (Å²) in [6.45, 7) is 0.707. The van der Waals surface area contributed by atoms with E-state index in [1.165, 1.54) is 23.3 Å². The van der Waals surface area contributed by atoms with Gasteiger partial charge in [0.05, 0.1) is 46.8 Å². The van der Waals surface area contributed by atoms with Crippen LogP contribution in [0.25, 0.3) is 0 Å². The SMILES string of the molecule is Nc1cc(OCCCc2ccccc2)c(N)c2c1C(=O)c1c(N)cc(OCCCc3ccccc3)c(N)c1C2=O. The summed E-state index contributed by atoms with van der Waals surface area (Å²) in [6.07, 6.45) is 3.08. The molecule has 1 aliphatic rings. The van der Waals surface area contributed by atoms with Crippen LogP contribution in [0.15, 0.2) is 72.8 Å². The summed E-state index contributed by atoms with van der Waals surface area (Å²) in [5.74, 6) is -0.561. The van der Waals surface area contributed by atoms with Gasteiger partial charge in [0.25, 0.3) is 0 Å². The molecule has 1 aliphatic carbocycles. The number of nitrogens with two attached hydrogens (primary N) is 4. The van der Waals surface area contributed by atoms with Crippen LogP contribution in [0.1, 0.15) is 55.8 Å². The van der Waals surface area contributed by atoms with Gasteiger partial charge in [0, 0.05) is 23.5 Å². The van der Waals surface area contributed by atoms with Crippen LogP contribution in [-0.4, -0.2) is 24.8 Å². The second-order valence-electron chi connectivity index (χ2n) is 9.79. The third-order valence-corrected chi connectivity index (χ3v) is 7.05. The Kier molecular flexibility index (Phi) is 7.59. The zero-order chi connectivity index (χ0) is 28.2. The van der Waals surface area contributed by atoms with Gasteiger partial charge in [0.15, 0.2) is 11.6 Å². The minimum Gasteiger partial charge on any atom is -0.491 e. The van der Waals surface area contributed by atoms with Crippen LogP contribution in [0, 0.1) is 0 Å². The number of rotatable bonds is 10. The molecule has 0 aliphatic heterocycles. The second-order valence-corrected chi connectivity index (χ2v) is 9.79. The van der Waals surface area contributed by atoms with Crippen LogP contribution in [-0.2, 0) is 12.8 Å². The van der Waals surface area contributed by atoms with Gasteiger partial charge in [0.1, 0.15) is 11.5 Å². The first-order valence-corrected chi connectivity index (χ1v) is 13.2. The number of carbonyl (C=O) groups excluding carboxylic acids is 2. The van der Waals surface area contributed by atoms with Crippen molar-refractivity contribution in [1.29, 1.82) is 0 Å². The molecule has 8 nitrogen and oxygen atoms in total. The van der Waals surface area contributed by atoms with Gasteiger partial charge in [-0.2, -0.15) is 0 Å². The Hall–Kier alpha value is -4.98. The number of carbonyl (C=O) groups is 2. The van der Waals surface area contributed by atoms with Crippen LogP contribution < -0.4 is 32.4 Å². The predicted molar refractivity (Wildman–Crippen MR) is 158 cm³/mol. The zero-order valence-electron chi connectivity index (χ0n) is 22.1. The molecular weight excluding hydrogens is 504 g/mol. The van der Waals surface area contributed by atoms with Crippen molar-refractivity contribution in [3.05, 3.63) is 106 Å². The lowest BCUT2D eigenvalue weighted by Gasteiger charge is -2.25. The Morgan fingerprint density at radius 3 is 1.30 bits per heavy atom. The molecule has 0 saturated heterocycles. The van der Waals surface area contributed by atoms with E-state index in [-0.39, 0.29) is 56.5 Å². The van der Waals surface area contributed by atoms with Gasteiger partial charge in [-0.25, -0.2) is 0 Å². The normalized spacial score (nSPS) is 12.1. The molecule has 0 amide bonds. The van der Waals surface area contributed by atoms with Crippen LogP contribution in [0.3, 0.4) is 0 Å². The number of ketones is 2. The molecule has 40 heavy (non-hydrogen) atoms. The van der Waals surface area contributed by atoms with Crippen molar-refractivity contribution in [2.45, 2.75) is 25.7 Å². The largest absolute Gasteiger partial charge is 0.491 e. The number of fused-ring (bicyclic) bond motifs is 2. The molecule has 4 aromatic rings. The number of hydrogen-bond donors (Lipinski definition) is 4. The summed E-state index contributed by atoms with van der Waals surface area (Å²) >= 11 is 0. The Morgan fingerprint density at radius 2 is 0.900 bits per heavy atom. The Bertz CT molecular complexity index is 1450.